The molecule has 0 radical (unpaired) electrons. The minimum absolute atomic E-state index is 0.120. The van der Waals surface area contributed by atoms with E-state index in [0.29, 0.717) is 23.8 Å². The molecule has 4 aromatic rings. The third-order valence-electron chi connectivity index (χ3n) is 6.96. The molecule has 1 fully saturated rings. The second kappa shape index (κ2) is 11.0. The zero-order valence-corrected chi connectivity index (χ0v) is 22.0. The number of aromatic nitrogens is 1. The molecule has 0 unspecified atom stereocenters. The van der Waals surface area contributed by atoms with Crippen molar-refractivity contribution >= 4 is 17.7 Å². The molecule has 1 N–H and O–H groups in total. The first-order chi connectivity index (χ1) is 18.0. The number of aliphatic hydroxyl groups excluding tert-OH is 1. The Hall–Kier alpha value is -3.35. The summed E-state index contributed by atoms with van der Waals surface area (Å²) >= 11 is 1.69. The largest absolute Gasteiger partial charge is 0.465 e. The average Bonchev–Trinajstić information content (AvgIpc) is 3.66. The van der Waals surface area contributed by atoms with Crippen LogP contribution in [0.1, 0.15) is 48.3 Å². The number of hydrogen-bond donors (Lipinski definition) is 1. The summed E-state index contributed by atoms with van der Waals surface area (Å²) in [7, 11) is 0. The van der Waals surface area contributed by atoms with Crippen LogP contribution in [0.5, 0.6) is 0 Å². The second-order valence-corrected chi connectivity index (χ2v) is 10.5. The van der Waals surface area contributed by atoms with E-state index in [4.69, 9.17) is 9.26 Å². The van der Waals surface area contributed by atoms with Crippen LogP contribution in [0.25, 0.3) is 22.5 Å². The summed E-state index contributed by atoms with van der Waals surface area (Å²) in [5.74, 6) is 1.89. The molecule has 0 aliphatic heterocycles. The number of carbonyl (C=O) groups excluding carboxylic acids is 1. The fraction of sp³-hybridized carbons (Fsp3) is 0.290. The van der Waals surface area contributed by atoms with E-state index in [-0.39, 0.29) is 5.97 Å². The lowest BCUT2D eigenvalue weighted by Gasteiger charge is -2.15. The highest BCUT2D eigenvalue weighted by molar-refractivity contribution is 7.98. The van der Waals surface area contributed by atoms with Crippen molar-refractivity contribution in [2.45, 2.75) is 44.0 Å². The molecule has 0 amide bonds. The quantitative estimate of drug-likeness (QED) is 0.233. The van der Waals surface area contributed by atoms with Gasteiger partial charge in [-0.05, 0) is 48.9 Å². The maximum Gasteiger partial charge on any atom is 0.316 e. The lowest BCUT2D eigenvalue weighted by Crippen LogP contribution is -2.23. The molecule has 1 aromatic heterocycles. The smallest absolute Gasteiger partial charge is 0.316 e. The van der Waals surface area contributed by atoms with E-state index in [9.17, 15) is 9.90 Å². The van der Waals surface area contributed by atoms with Crippen molar-refractivity contribution in [3.8, 4) is 22.5 Å². The minimum atomic E-state index is -0.670. The Kier molecular flexibility index (Phi) is 7.49. The highest BCUT2D eigenvalue weighted by Gasteiger charge is 2.52. The van der Waals surface area contributed by atoms with E-state index in [1.807, 2.05) is 68.4 Å². The van der Waals surface area contributed by atoms with Gasteiger partial charge < -0.3 is 14.4 Å². The molecule has 5 rings (SSSR count). The van der Waals surface area contributed by atoms with E-state index in [0.717, 1.165) is 46.4 Å². The maximum absolute atomic E-state index is 12.4. The molecule has 6 heteroatoms. The van der Waals surface area contributed by atoms with Crippen molar-refractivity contribution in [3.63, 3.8) is 0 Å². The fourth-order valence-corrected chi connectivity index (χ4v) is 5.66. The van der Waals surface area contributed by atoms with Crippen LogP contribution in [0.15, 0.2) is 83.4 Å². The predicted molar refractivity (Wildman–Crippen MR) is 147 cm³/mol. The molecule has 1 saturated carbocycles. The Morgan fingerprint density at radius 1 is 1.00 bits per heavy atom. The number of aliphatic hydroxyl groups is 1. The number of benzene rings is 3. The first-order valence-electron chi connectivity index (χ1n) is 12.7. The van der Waals surface area contributed by atoms with Crippen molar-refractivity contribution in [2.24, 2.45) is 0 Å². The molecule has 190 valence electrons. The third-order valence-corrected chi connectivity index (χ3v) is 8.05. The van der Waals surface area contributed by atoms with Crippen molar-refractivity contribution in [1.29, 1.82) is 0 Å². The lowest BCUT2D eigenvalue weighted by atomic mass is 9.93. The molecular weight excluding hydrogens is 482 g/mol. The first kappa shape index (κ1) is 25.3. The molecule has 1 atom stereocenters. The van der Waals surface area contributed by atoms with Crippen molar-refractivity contribution in [3.05, 3.63) is 101 Å². The Morgan fingerprint density at radius 3 is 2.24 bits per heavy atom. The van der Waals surface area contributed by atoms with E-state index in [2.05, 4.69) is 29.4 Å². The monoisotopic (exact) mass is 513 g/mol. The van der Waals surface area contributed by atoms with Gasteiger partial charge in [-0.1, -0.05) is 84.0 Å². The summed E-state index contributed by atoms with van der Waals surface area (Å²) in [5, 5.41) is 15.1. The van der Waals surface area contributed by atoms with Gasteiger partial charge in [0.25, 0.3) is 0 Å². The predicted octanol–water partition coefficient (Wildman–Crippen LogP) is 6.88. The zero-order valence-electron chi connectivity index (χ0n) is 21.1. The van der Waals surface area contributed by atoms with Crippen LogP contribution in [0.2, 0.25) is 0 Å². The van der Waals surface area contributed by atoms with E-state index < -0.39 is 11.5 Å². The fourth-order valence-electron chi connectivity index (χ4n) is 4.72. The summed E-state index contributed by atoms with van der Waals surface area (Å²) in [6.07, 6.45) is 1.02. The Labute approximate surface area is 221 Å². The van der Waals surface area contributed by atoms with E-state index >= 15 is 0 Å². The van der Waals surface area contributed by atoms with Crippen molar-refractivity contribution < 1.29 is 19.2 Å². The highest BCUT2D eigenvalue weighted by Crippen LogP contribution is 2.49. The van der Waals surface area contributed by atoms with Crippen LogP contribution in [0.4, 0.5) is 0 Å². The number of aryl methyl sites for hydroxylation is 1. The Morgan fingerprint density at radius 2 is 1.62 bits per heavy atom. The maximum atomic E-state index is 12.4. The van der Waals surface area contributed by atoms with Crippen LogP contribution in [-0.2, 0) is 20.7 Å². The lowest BCUT2D eigenvalue weighted by molar-refractivity contribution is -0.146. The van der Waals surface area contributed by atoms with Gasteiger partial charge in [-0.2, -0.15) is 11.8 Å². The number of esters is 1. The average molecular weight is 514 g/mol. The van der Waals surface area contributed by atoms with Crippen molar-refractivity contribution in [2.75, 3.05) is 12.4 Å². The second-order valence-electron chi connectivity index (χ2n) is 9.48. The van der Waals surface area contributed by atoms with Gasteiger partial charge in [0.15, 0.2) is 5.76 Å². The summed E-state index contributed by atoms with van der Waals surface area (Å²) in [6, 6.07) is 26.5. The number of nitrogens with zero attached hydrogens (tertiary/aromatic N) is 1. The Bertz CT molecular complexity index is 1340. The third kappa shape index (κ3) is 5.36. The molecule has 0 bridgehead atoms. The molecule has 37 heavy (non-hydrogen) atoms. The zero-order chi connectivity index (χ0) is 25.8. The number of rotatable bonds is 10. The number of carbonyl (C=O) groups is 1. The van der Waals surface area contributed by atoms with Gasteiger partial charge in [-0.3, -0.25) is 4.79 Å². The van der Waals surface area contributed by atoms with Crippen LogP contribution in [0, 0.1) is 6.92 Å². The molecule has 0 saturated heterocycles. The summed E-state index contributed by atoms with van der Waals surface area (Å²) in [6.45, 7) is 4.11. The van der Waals surface area contributed by atoms with Gasteiger partial charge in [0.1, 0.15) is 0 Å². The van der Waals surface area contributed by atoms with Crippen LogP contribution >= 0.6 is 11.8 Å². The molecule has 1 aliphatic rings. The van der Waals surface area contributed by atoms with Gasteiger partial charge in [0.05, 0.1) is 29.4 Å². The summed E-state index contributed by atoms with van der Waals surface area (Å²) < 4.78 is 10.9. The molecule has 1 aliphatic carbocycles. The Balaban J connectivity index is 1.28. The molecular formula is C31H31NO4S. The number of ether oxygens (including phenoxy) is 1. The number of hydrogen-bond acceptors (Lipinski definition) is 6. The first-order valence-corrected chi connectivity index (χ1v) is 13.8. The van der Waals surface area contributed by atoms with Gasteiger partial charge >= 0.3 is 5.97 Å². The normalized spacial score (nSPS) is 14.8. The minimum Gasteiger partial charge on any atom is -0.465 e. The highest BCUT2D eigenvalue weighted by atomic mass is 32.2. The summed E-state index contributed by atoms with van der Waals surface area (Å²) in [4.78, 5) is 12.4. The van der Waals surface area contributed by atoms with Gasteiger partial charge in [0.2, 0.25) is 0 Å². The summed E-state index contributed by atoms with van der Waals surface area (Å²) in [5.41, 5.74) is 6.26. The van der Waals surface area contributed by atoms with Gasteiger partial charge in [0, 0.05) is 17.1 Å². The molecule has 0 spiro atoms. The van der Waals surface area contributed by atoms with Crippen LogP contribution in [0.3, 0.4) is 0 Å². The molecule has 3 aromatic carbocycles. The topological polar surface area (TPSA) is 72.6 Å². The molecule has 1 heterocycles. The van der Waals surface area contributed by atoms with Gasteiger partial charge in [-0.15, -0.1) is 0 Å². The van der Waals surface area contributed by atoms with Crippen LogP contribution in [-0.4, -0.2) is 28.6 Å². The number of thioether (sulfide) groups is 1. The van der Waals surface area contributed by atoms with Crippen molar-refractivity contribution in [1.82, 2.24) is 5.16 Å². The molecule has 5 nitrogen and oxygen atoms in total. The van der Waals surface area contributed by atoms with E-state index in [1.165, 1.54) is 5.56 Å². The SMILES string of the molecule is CCOC(=O)C1(c2ccc(-c3ccc(-c4onc(C)c4[C@H](O)CSCc4ccccc4)cc3)cc2)CC1. The van der Waals surface area contributed by atoms with E-state index in [1.54, 1.807) is 11.8 Å². The van der Waals surface area contributed by atoms with Gasteiger partial charge in [-0.25, -0.2) is 0 Å². The standard InChI is InChI=1S/C31H31NO4S/c1-3-35-30(34)31(17-18-31)26-15-13-24(14-16-26)23-9-11-25(12-10-23)29-28(21(2)32-36-29)27(33)20-37-19-22-7-5-4-6-8-22/h4-16,27,33H,3,17-20H2,1-2H3/t27-/m1/s1. The van der Waals surface area contributed by atoms with Crippen LogP contribution < -0.4 is 0 Å².